The zero-order valence-corrected chi connectivity index (χ0v) is 14.3. The highest BCUT2D eigenvalue weighted by molar-refractivity contribution is 6.87. The fourth-order valence-electron chi connectivity index (χ4n) is 1.95. The zero-order valence-electron chi connectivity index (χ0n) is 13.3. The lowest BCUT2D eigenvalue weighted by Gasteiger charge is -2.21. The van der Waals surface area contributed by atoms with Crippen molar-refractivity contribution < 1.29 is 9.53 Å². The van der Waals surface area contributed by atoms with Crippen molar-refractivity contribution in [1.29, 1.82) is 0 Å². The minimum atomic E-state index is -1.64. The Hall–Kier alpha value is -0.833. The van der Waals surface area contributed by atoms with Crippen molar-refractivity contribution in [2.75, 3.05) is 6.61 Å². The van der Waals surface area contributed by atoms with Crippen LogP contribution in [0, 0.1) is 0 Å². The first kappa shape index (κ1) is 18.2. The summed E-state index contributed by atoms with van der Waals surface area (Å²) < 4.78 is 5.26. The summed E-state index contributed by atoms with van der Waals surface area (Å²) in [4.78, 5) is 12.3. The third-order valence-corrected chi connectivity index (χ3v) is 5.08. The van der Waals surface area contributed by atoms with E-state index in [-0.39, 0.29) is 5.78 Å². The molecule has 0 fully saturated rings. The molecule has 0 spiro atoms. The highest BCUT2D eigenvalue weighted by Gasteiger charge is 2.27. The van der Waals surface area contributed by atoms with Gasteiger partial charge in [-0.2, -0.15) is 0 Å². The van der Waals surface area contributed by atoms with E-state index in [2.05, 4.69) is 39.2 Å². The van der Waals surface area contributed by atoms with Gasteiger partial charge in [0.25, 0.3) is 0 Å². The van der Waals surface area contributed by atoms with E-state index in [1.165, 1.54) is 19.3 Å². The molecule has 0 N–H and O–H groups in total. The highest BCUT2D eigenvalue weighted by Crippen LogP contribution is 2.20. The smallest absolute Gasteiger partial charge is 0.218 e. The molecule has 0 aliphatic carbocycles. The molecular weight excluding hydrogens is 252 g/mol. The Balaban J connectivity index is 4.68. The van der Waals surface area contributed by atoms with Crippen LogP contribution in [0.15, 0.2) is 23.6 Å². The summed E-state index contributed by atoms with van der Waals surface area (Å²) in [5.74, 6) is 0.307. The molecule has 19 heavy (non-hydrogen) atoms. The average molecular weight is 282 g/mol. The van der Waals surface area contributed by atoms with Crippen molar-refractivity contribution in [2.45, 2.75) is 65.6 Å². The third kappa shape index (κ3) is 7.36. The molecule has 0 aromatic rings. The predicted molar refractivity (Wildman–Crippen MR) is 86.0 cm³/mol. The Kier molecular flexibility index (Phi) is 8.73. The van der Waals surface area contributed by atoms with Crippen LogP contribution in [0.5, 0.6) is 0 Å². The van der Waals surface area contributed by atoms with Crippen LogP contribution in [0.4, 0.5) is 0 Å². The maximum atomic E-state index is 12.3. The Morgan fingerprint density at radius 2 is 1.79 bits per heavy atom. The molecule has 0 unspecified atom stereocenters. The second kappa shape index (κ2) is 9.13. The molecule has 0 saturated carbocycles. The van der Waals surface area contributed by atoms with Gasteiger partial charge in [-0.25, -0.2) is 0 Å². The molecule has 0 aromatic heterocycles. The standard InChI is InChI=1S/C16H30O2Si/c1-7-9-10-11-12-13-15(19(4,5)6)16(17)14(3)18-8-2/h13H,3,7-12H2,1-2,4-6H3/b15-13-. The van der Waals surface area contributed by atoms with Gasteiger partial charge in [-0.15, -0.1) is 0 Å². The van der Waals surface area contributed by atoms with E-state index >= 15 is 0 Å². The van der Waals surface area contributed by atoms with Crippen LogP contribution < -0.4 is 0 Å². The number of rotatable bonds is 10. The zero-order chi connectivity index (χ0) is 14.9. The number of carbonyl (C=O) groups excluding carboxylic acids is 1. The van der Waals surface area contributed by atoms with E-state index in [0.29, 0.717) is 12.4 Å². The van der Waals surface area contributed by atoms with E-state index in [1.807, 2.05) is 6.92 Å². The van der Waals surface area contributed by atoms with Crippen LogP contribution in [0.1, 0.15) is 46.0 Å². The molecule has 0 aliphatic heterocycles. The monoisotopic (exact) mass is 282 g/mol. The Labute approximate surface area is 119 Å². The third-order valence-electron chi connectivity index (χ3n) is 3.03. The fourth-order valence-corrected chi connectivity index (χ4v) is 3.52. The quantitative estimate of drug-likeness (QED) is 0.247. The van der Waals surface area contributed by atoms with Crippen molar-refractivity contribution in [3.05, 3.63) is 23.6 Å². The van der Waals surface area contributed by atoms with Gasteiger partial charge in [0.2, 0.25) is 5.78 Å². The van der Waals surface area contributed by atoms with Crippen LogP contribution in [0.3, 0.4) is 0 Å². The van der Waals surface area contributed by atoms with Crippen molar-refractivity contribution in [3.8, 4) is 0 Å². The second-order valence-corrected chi connectivity index (χ2v) is 10.9. The van der Waals surface area contributed by atoms with E-state index in [4.69, 9.17) is 4.74 Å². The summed E-state index contributed by atoms with van der Waals surface area (Å²) in [6.07, 6.45) is 8.04. The predicted octanol–water partition coefficient (Wildman–Crippen LogP) is 4.88. The van der Waals surface area contributed by atoms with Gasteiger partial charge in [0.05, 0.1) is 14.7 Å². The number of hydrogen-bond donors (Lipinski definition) is 0. The lowest BCUT2D eigenvalue weighted by Crippen LogP contribution is -2.30. The molecule has 0 aliphatic rings. The second-order valence-electron chi connectivity index (χ2n) is 5.90. The number of Topliss-reactive ketones (excluding diaryl/α,β-unsaturated/α-hetero) is 1. The number of hydrogen-bond acceptors (Lipinski definition) is 2. The maximum absolute atomic E-state index is 12.3. The normalized spacial score (nSPS) is 12.4. The van der Waals surface area contributed by atoms with Gasteiger partial charge in [-0.05, 0) is 25.0 Å². The molecule has 0 saturated heterocycles. The van der Waals surface area contributed by atoms with E-state index in [1.54, 1.807) is 0 Å². The van der Waals surface area contributed by atoms with E-state index in [9.17, 15) is 4.79 Å². The Morgan fingerprint density at radius 3 is 2.26 bits per heavy atom. The first-order valence-electron chi connectivity index (χ1n) is 7.41. The fraction of sp³-hybridized carbons (Fsp3) is 0.688. The first-order valence-corrected chi connectivity index (χ1v) is 10.9. The molecule has 0 radical (unpaired) electrons. The molecule has 110 valence electrons. The van der Waals surface area contributed by atoms with Crippen LogP contribution >= 0.6 is 0 Å². The van der Waals surface area contributed by atoms with Gasteiger partial charge in [0.1, 0.15) is 0 Å². The summed E-state index contributed by atoms with van der Waals surface area (Å²) in [7, 11) is -1.64. The van der Waals surface area contributed by atoms with Crippen LogP contribution in [-0.2, 0) is 9.53 Å². The van der Waals surface area contributed by atoms with Crippen molar-refractivity contribution in [2.24, 2.45) is 0 Å². The van der Waals surface area contributed by atoms with Crippen molar-refractivity contribution >= 4 is 13.9 Å². The van der Waals surface area contributed by atoms with Gasteiger partial charge >= 0.3 is 0 Å². The lowest BCUT2D eigenvalue weighted by atomic mass is 10.1. The molecule has 0 heterocycles. The molecule has 2 nitrogen and oxygen atoms in total. The number of ketones is 1. The van der Waals surface area contributed by atoms with E-state index in [0.717, 1.165) is 18.0 Å². The maximum Gasteiger partial charge on any atom is 0.218 e. The summed E-state index contributed by atoms with van der Waals surface area (Å²) >= 11 is 0. The van der Waals surface area contributed by atoms with Crippen LogP contribution in [0.25, 0.3) is 0 Å². The average Bonchev–Trinajstić information content (AvgIpc) is 2.31. The molecule has 0 atom stereocenters. The molecule has 0 rings (SSSR count). The van der Waals surface area contributed by atoms with E-state index < -0.39 is 8.07 Å². The Bertz CT molecular complexity index is 324. The van der Waals surface area contributed by atoms with Crippen molar-refractivity contribution in [1.82, 2.24) is 0 Å². The molecule has 0 amide bonds. The number of ether oxygens (including phenoxy) is 1. The molecule has 0 bridgehead atoms. The lowest BCUT2D eigenvalue weighted by molar-refractivity contribution is -0.114. The van der Waals surface area contributed by atoms with Crippen LogP contribution in [0.2, 0.25) is 19.6 Å². The topological polar surface area (TPSA) is 26.3 Å². The van der Waals surface area contributed by atoms with Crippen molar-refractivity contribution in [3.63, 3.8) is 0 Å². The number of unbranched alkanes of at least 4 members (excludes halogenated alkanes) is 4. The van der Waals surface area contributed by atoms with Crippen LogP contribution in [-0.4, -0.2) is 20.5 Å². The minimum absolute atomic E-state index is 0.0107. The van der Waals surface area contributed by atoms with Gasteiger partial charge in [-0.3, -0.25) is 4.79 Å². The Morgan fingerprint density at radius 1 is 1.16 bits per heavy atom. The molecule has 0 aromatic carbocycles. The van der Waals surface area contributed by atoms with Gasteiger partial charge < -0.3 is 4.74 Å². The highest BCUT2D eigenvalue weighted by atomic mass is 28.3. The van der Waals surface area contributed by atoms with Gasteiger partial charge in [0.15, 0.2) is 5.76 Å². The van der Waals surface area contributed by atoms with Gasteiger partial charge in [0, 0.05) is 0 Å². The summed E-state index contributed by atoms with van der Waals surface area (Å²) in [5, 5.41) is 0.961. The molecular formula is C16H30O2Si. The summed E-state index contributed by atoms with van der Waals surface area (Å²) in [6, 6.07) is 0. The van der Waals surface area contributed by atoms with Gasteiger partial charge in [-0.1, -0.05) is 58.5 Å². The number of allylic oxidation sites excluding steroid dienone is 2. The molecule has 3 heteroatoms. The first-order chi connectivity index (χ1) is 8.84. The minimum Gasteiger partial charge on any atom is -0.490 e. The summed E-state index contributed by atoms with van der Waals surface area (Å²) in [5.41, 5.74) is 0. The number of carbonyl (C=O) groups is 1. The largest absolute Gasteiger partial charge is 0.490 e. The SMILES string of the molecule is C=C(OCC)C(=O)/C(=C/CCCCCC)[Si](C)(C)C. The summed E-state index contributed by atoms with van der Waals surface area (Å²) in [6.45, 7) is 14.9.